The predicted octanol–water partition coefficient (Wildman–Crippen LogP) is 5.01. The number of rotatable bonds is 3. The van der Waals surface area contributed by atoms with Gasteiger partial charge in [-0.25, -0.2) is 0 Å². The summed E-state index contributed by atoms with van der Waals surface area (Å²) in [5.74, 6) is -0.0563. The maximum Gasteiger partial charge on any atom is 0.252 e. The van der Waals surface area contributed by atoms with Gasteiger partial charge >= 0.3 is 0 Å². The number of hydrogen-bond acceptors (Lipinski definition) is 1. The van der Waals surface area contributed by atoms with E-state index in [1.54, 1.807) is 0 Å². The molecule has 0 bridgehead atoms. The van der Waals surface area contributed by atoms with Crippen molar-refractivity contribution in [2.24, 2.45) is 0 Å². The Morgan fingerprint density at radius 3 is 2.40 bits per heavy atom. The largest absolute Gasteiger partial charge is 0.346 e. The Morgan fingerprint density at radius 2 is 1.75 bits per heavy atom. The van der Waals surface area contributed by atoms with E-state index in [4.69, 9.17) is 0 Å². The van der Waals surface area contributed by atoms with E-state index in [0.29, 0.717) is 5.56 Å². The molecule has 2 rings (SSSR count). The zero-order chi connectivity index (χ0) is 14.7. The Kier molecular flexibility index (Phi) is 5.00. The second-order valence-corrected chi connectivity index (χ2v) is 6.43. The summed E-state index contributed by atoms with van der Waals surface area (Å²) in [6.07, 6.45) is 0. The highest BCUT2D eigenvalue weighted by Crippen LogP contribution is 2.21. The second kappa shape index (κ2) is 6.55. The molecule has 0 saturated carbocycles. The van der Waals surface area contributed by atoms with Gasteiger partial charge in [0.15, 0.2) is 0 Å². The third-order valence-corrected chi connectivity index (χ3v) is 4.62. The Balaban J connectivity index is 2.15. The van der Waals surface area contributed by atoms with Gasteiger partial charge in [-0.2, -0.15) is 0 Å². The summed E-state index contributed by atoms with van der Waals surface area (Å²) in [6, 6.07) is 13.6. The topological polar surface area (TPSA) is 29.1 Å². The molecule has 0 aliphatic heterocycles. The molecule has 1 atom stereocenters. The SMILES string of the molecule is Cc1c(Br)cccc1C(=O)N[C@H](C)c1ccc(Br)cc1. The summed E-state index contributed by atoms with van der Waals surface area (Å²) in [6.45, 7) is 3.91. The second-order valence-electron chi connectivity index (χ2n) is 4.66. The van der Waals surface area contributed by atoms with Crippen LogP contribution in [0.4, 0.5) is 0 Å². The van der Waals surface area contributed by atoms with Gasteiger partial charge in [-0.3, -0.25) is 4.79 Å². The summed E-state index contributed by atoms with van der Waals surface area (Å²) in [7, 11) is 0. The van der Waals surface area contributed by atoms with Gasteiger partial charge in [0.05, 0.1) is 6.04 Å². The third-order valence-electron chi connectivity index (χ3n) is 3.23. The molecule has 2 nitrogen and oxygen atoms in total. The van der Waals surface area contributed by atoms with Crippen LogP contribution in [-0.2, 0) is 0 Å². The van der Waals surface area contributed by atoms with Crippen molar-refractivity contribution in [2.45, 2.75) is 19.9 Å². The van der Waals surface area contributed by atoms with Crippen LogP contribution in [0.25, 0.3) is 0 Å². The molecule has 0 radical (unpaired) electrons. The van der Waals surface area contributed by atoms with Crippen LogP contribution in [0.2, 0.25) is 0 Å². The van der Waals surface area contributed by atoms with E-state index < -0.39 is 0 Å². The van der Waals surface area contributed by atoms with Crippen LogP contribution in [0.5, 0.6) is 0 Å². The van der Waals surface area contributed by atoms with Crippen LogP contribution in [0.1, 0.15) is 34.5 Å². The summed E-state index contributed by atoms with van der Waals surface area (Å²) in [4.78, 5) is 12.3. The number of hydrogen-bond donors (Lipinski definition) is 1. The molecular formula is C16H15Br2NO. The van der Waals surface area contributed by atoms with Crippen molar-refractivity contribution in [3.63, 3.8) is 0 Å². The first-order valence-electron chi connectivity index (χ1n) is 6.30. The molecule has 4 heteroatoms. The van der Waals surface area contributed by atoms with Crippen LogP contribution in [0, 0.1) is 6.92 Å². The number of halogens is 2. The van der Waals surface area contributed by atoms with Gasteiger partial charge in [0, 0.05) is 14.5 Å². The highest BCUT2D eigenvalue weighted by atomic mass is 79.9. The average Bonchev–Trinajstić information content (AvgIpc) is 2.42. The predicted molar refractivity (Wildman–Crippen MR) is 88.9 cm³/mol. The Labute approximate surface area is 135 Å². The number of carbonyl (C=O) groups is 1. The lowest BCUT2D eigenvalue weighted by Gasteiger charge is -2.16. The Hall–Kier alpha value is -1.13. The van der Waals surface area contributed by atoms with E-state index in [1.807, 2.05) is 56.3 Å². The summed E-state index contributed by atoms with van der Waals surface area (Å²) < 4.78 is 1.98. The monoisotopic (exact) mass is 395 g/mol. The van der Waals surface area contributed by atoms with E-state index in [9.17, 15) is 4.79 Å². The number of amides is 1. The standard InChI is InChI=1S/C16H15Br2NO/c1-10-14(4-3-5-15(10)18)16(20)19-11(2)12-6-8-13(17)9-7-12/h3-9,11H,1-2H3,(H,19,20)/t11-/m1/s1. The van der Waals surface area contributed by atoms with Gasteiger partial charge < -0.3 is 5.32 Å². The maximum atomic E-state index is 12.3. The fourth-order valence-corrected chi connectivity index (χ4v) is 2.59. The molecule has 2 aromatic rings. The van der Waals surface area contributed by atoms with Crippen molar-refractivity contribution < 1.29 is 4.79 Å². The molecule has 20 heavy (non-hydrogen) atoms. The van der Waals surface area contributed by atoms with E-state index in [1.165, 1.54) is 0 Å². The van der Waals surface area contributed by atoms with Crippen LogP contribution in [0.3, 0.4) is 0 Å². The van der Waals surface area contributed by atoms with Gasteiger partial charge in [0.25, 0.3) is 5.91 Å². The van der Waals surface area contributed by atoms with Gasteiger partial charge in [-0.1, -0.05) is 50.1 Å². The molecule has 1 amide bonds. The van der Waals surface area contributed by atoms with Crippen molar-refractivity contribution in [1.29, 1.82) is 0 Å². The van der Waals surface area contributed by atoms with E-state index in [2.05, 4.69) is 37.2 Å². The number of benzene rings is 2. The highest BCUT2D eigenvalue weighted by molar-refractivity contribution is 9.10. The lowest BCUT2D eigenvalue weighted by atomic mass is 10.1. The number of carbonyl (C=O) groups excluding carboxylic acids is 1. The van der Waals surface area contributed by atoms with Gasteiger partial charge in [-0.15, -0.1) is 0 Å². The van der Waals surface area contributed by atoms with Crippen LogP contribution in [0.15, 0.2) is 51.4 Å². The fourth-order valence-electron chi connectivity index (χ4n) is 1.96. The minimum atomic E-state index is -0.0563. The minimum absolute atomic E-state index is 0.0334. The summed E-state index contributed by atoms with van der Waals surface area (Å²) in [5.41, 5.74) is 2.73. The lowest BCUT2D eigenvalue weighted by molar-refractivity contribution is 0.0939. The third kappa shape index (κ3) is 3.49. The maximum absolute atomic E-state index is 12.3. The van der Waals surface area contributed by atoms with Crippen molar-refractivity contribution in [2.75, 3.05) is 0 Å². The number of nitrogens with one attached hydrogen (secondary N) is 1. The smallest absolute Gasteiger partial charge is 0.252 e. The van der Waals surface area contributed by atoms with Gasteiger partial charge in [-0.05, 0) is 49.2 Å². The fraction of sp³-hybridized carbons (Fsp3) is 0.188. The van der Waals surface area contributed by atoms with Crippen molar-refractivity contribution >= 4 is 37.8 Å². The zero-order valence-corrected chi connectivity index (χ0v) is 14.5. The molecule has 0 heterocycles. The summed E-state index contributed by atoms with van der Waals surface area (Å²) in [5, 5.41) is 3.02. The first-order chi connectivity index (χ1) is 9.49. The molecule has 0 unspecified atom stereocenters. The normalized spacial score (nSPS) is 12.0. The highest BCUT2D eigenvalue weighted by Gasteiger charge is 2.14. The van der Waals surface area contributed by atoms with E-state index >= 15 is 0 Å². The average molecular weight is 397 g/mol. The molecule has 0 aliphatic carbocycles. The van der Waals surface area contributed by atoms with E-state index in [-0.39, 0.29) is 11.9 Å². The first-order valence-corrected chi connectivity index (χ1v) is 7.89. The van der Waals surface area contributed by atoms with E-state index in [0.717, 1.165) is 20.1 Å². The van der Waals surface area contributed by atoms with Crippen LogP contribution in [-0.4, -0.2) is 5.91 Å². The van der Waals surface area contributed by atoms with Crippen LogP contribution >= 0.6 is 31.9 Å². The Bertz CT molecular complexity index is 623. The van der Waals surface area contributed by atoms with Gasteiger partial charge in [0.2, 0.25) is 0 Å². The zero-order valence-electron chi connectivity index (χ0n) is 11.3. The molecule has 0 aromatic heterocycles. The molecule has 0 saturated heterocycles. The molecule has 0 aliphatic rings. The Morgan fingerprint density at radius 1 is 1.10 bits per heavy atom. The van der Waals surface area contributed by atoms with Gasteiger partial charge in [0.1, 0.15) is 0 Å². The molecule has 104 valence electrons. The minimum Gasteiger partial charge on any atom is -0.346 e. The van der Waals surface area contributed by atoms with Crippen LogP contribution < -0.4 is 5.32 Å². The molecular weight excluding hydrogens is 382 g/mol. The van der Waals surface area contributed by atoms with Crippen molar-refractivity contribution in [3.8, 4) is 0 Å². The molecule has 0 fully saturated rings. The lowest BCUT2D eigenvalue weighted by Crippen LogP contribution is -2.27. The molecule has 2 aromatic carbocycles. The first kappa shape index (κ1) is 15.3. The quantitative estimate of drug-likeness (QED) is 0.775. The summed E-state index contributed by atoms with van der Waals surface area (Å²) >= 11 is 6.86. The molecule has 0 spiro atoms. The molecule has 1 N–H and O–H groups in total. The van der Waals surface area contributed by atoms with Crippen molar-refractivity contribution in [3.05, 3.63) is 68.1 Å². The van der Waals surface area contributed by atoms with Crippen molar-refractivity contribution in [1.82, 2.24) is 5.32 Å².